The van der Waals surface area contributed by atoms with Gasteiger partial charge in [0.25, 0.3) is 0 Å². The lowest BCUT2D eigenvalue weighted by Crippen LogP contribution is -3.28. The number of likely N-dealkylation sites (N-methyl/N-ethyl adjacent to an activating group) is 1. The molecule has 3 aromatic rings. The minimum Gasteiger partial charge on any atom is -0.493 e. The van der Waals surface area contributed by atoms with Crippen LogP contribution in [0.4, 0.5) is 0 Å². The summed E-state index contributed by atoms with van der Waals surface area (Å²) in [6, 6.07) is 16.5. The van der Waals surface area contributed by atoms with Crippen molar-refractivity contribution in [1.29, 1.82) is 0 Å². The van der Waals surface area contributed by atoms with E-state index in [0.29, 0.717) is 6.54 Å². The molecule has 0 spiro atoms. The van der Waals surface area contributed by atoms with Gasteiger partial charge in [0.15, 0.2) is 17.5 Å². The van der Waals surface area contributed by atoms with Gasteiger partial charge in [0.2, 0.25) is 5.82 Å². The average Bonchev–Trinajstić information content (AvgIpc) is 3.27. The molecule has 0 bridgehead atoms. The molecule has 2 heterocycles. The Morgan fingerprint density at radius 2 is 1.71 bits per heavy atom. The van der Waals surface area contributed by atoms with Crippen LogP contribution in [0.5, 0.6) is 11.5 Å². The predicted octanol–water partition coefficient (Wildman–Crippen LogP) is -0.369. The highest BCUT2D eigenvalue weighted by Gasteiger charge is 2.35. The lowest BCUT2D eigenvalue weighted by Gasteiger charge is -2.34. The summed E-state index contributed by atoms with van der Waals surface area (Å²) in [5.41, 5.74) is 2.31. The van der Waals surface area contributed by atoms with Gasteiger partial charge in [-0.1, -0.05) is 30.3 Å². The number of tetrazole rings is 1. The Labute approximate surface area is 183 Å². The first-order chi connectivity index (χ1) is 15.2. The van der Waals surface area contributed by atoms with E-state index < -0.39 is 0 Å². The maximum Gasteiger partial charge on any atom is 0.214 e. The summed E-state index contributed by atoms with van der Waals surface area (Å²) in [5.74, 6) is 2.33. The van der Waals surface area contributed by atoms with Crippen molar-refractivity contribution in [3.8, 4) is 11.5 Å². The van der Waals surface area contributed by atoms with Crippen LogP contribution in [0.25, 0.3) is 0 Å². The van der Waals surface area contributed by atoms with E-state index in [4.69, 9.17) is 9.47 Å². The lowest BCUT2D eigenvalue weighted by atomic mass is 10.0. The number of hydrogen-bond donors (Lipinski definition) is 2. The third-order valence-electron chi connectivity index (χ3n) is 6.24. The zero-order valence-electron chi connectivity index (χ0n) is 18.5. The molecule has 1 fully saturated rings. The summed E-state index contributed by atoms with van der Waals surface area (Å²) in [7, 11) is 3.33. The molecule has 31 heavy (non-hydrogen) atoms. The van der Waals surface area contributed by atoms with Crippen molar-refractivity contribution in [2.45, 2.75) is 19.5 Å². The van der Waals surface area contributed by atoms with E-state index in [2.05, 4.69) is 46.7 Å². The van der Waals surface area contributed by atoms with Crippen LogP contribution >= 0.6 is 0 Å². The van der Waals surface area contributed by atoms with Crippen molar-refractivity contribution in [3.05, 3.63) is 65.5 Å². The zero-order valence-corrected chi connectivity index (χ0v) is 18.5. The van der Waals surface area contributed by atoms with E-state index in [1.54, 1.807) is 19.1 Å². The van der Waals surface area contributed by atoms with Gasteiger partial charge in [-0.3, -0.25) is 0 Å². The Kier molecular flexibility index (Phi) is 6.79. The number of ether oxygens (including phenoxy) is 2. The Bertz CT molecular complexity index is 969. The molecule has 0 saturated carbocycles. The molecule has 8 nitrogen and oxygen atoms in total. The number of nitrogens with zero attached hydrogens (tertiary/aromatic N) is 4. The Morgan fingerprint density at radius 3 is 2.39 bits per heavy atom. The van der Waals surface area contributed by atoms with E-state index in [1.807, 2.05) is 28.9 Å². The van der Waals surface area contributed by atoms with Gasteiger partial charge >= 0.3 is 0 Å². The molecule has 4 rings (SSSR count). The van der Waals surface area contributed by atoms with Gasteiger partial charge in [-0.2, -0.15) is 0 Å². The summed E-state index contributed by atoms with van der Waals surface area (Å²) >= 11 is 0. The third-order valence-corrected chi connectivity index (χ3v) is 6.24. The first-order valence-electron chi connectivity index (χ1n) is 10.9. The fourth-order valence-electron chi connectivity index (χ4n) is 4.45. The number of methoxy groups -OCH3 is 2. The summed E-state index contributed by atoms with van der Waals surface area (Å²) in [5, 5.41) is 12.9. The molecule has 1 aliphatic rings. The van der Waals surface area contributed by atoms with Crippen LogP contribution in [0.1, 0.15) is 29.9 Å². The van der Waals surface area contributed by atoms with E-state index in [-0.39, 0.29) is 6.04 Å². The second-order valence-electron chi connectivity index (χ2n) is 7.99. The van der Waals surface area contributed by atoms with Gasteiger partial charge in [-0.15, -0.1) is 5.10 Å². The van der Waals surface area contributed by atoms with Crippen LogP contribution in [0.15, 0.2) is 48.5 Å². The monoisotopic (exact) mass is 424 g/mol. The van der Waals surface area contributed by atoms with Crippen molar-refractivity contribution in [2.75, 3.05) is 46.9 Å². The normalized spacial score (nSPS) is 19.7. The van der Waals surface area contributed by atoms with Crippen molar-refractivity contribution in [2.24, 2.45) is 0 Å². The SMILES string of the molecule is CC[NH+]1CC[NH+]([C@H](c2ccc(OC)c(OC)c2)c2nnnn2Cc2ccccc2)CC1. The van der Waals surface area contributed by atoms with Gasteiger partial charge in [0.05, 0.1) is 27.3 Å². The molecule has 2 aromatic carbocycles. The topological polar surface area (TPSA) is 70.9 Å². The summed E-state index contributed by atoms with van der Waals surface area (Å²) in [6.07, 6.45) is 0. The van der Waals surface area contributed by atoms with E-state index in [1.165, 1.54) is 17.0 Å². The molecular formula is C23H32N6O2+2. The first kappa shape index (κ1) is 21.3. The Hall–Kier alpha value is -2.97. The molecule has 0 aliphatic carbocycles. The highest BCUT2D eigenvalue weighted by Crippen LogP contribution is 2.31. The minimum absolute atomic E-state index is 0.0249. The fourth-order valence-corrected chi connectivity index (χ4v) is 4.45. The maximum atomic E-state index is 5.60. The van der Waals surface area contributed by atoms with Crippen molar-refractivity contribution >= 4 is 0 Å². The van der Waals surface area contributed by atoms with Crippen LogP contribution in [0.2, 0.25) is 0 Å². The van der Waals surface area contributed by atoms with Crippen LogP contribution in [0, 0.1) is 0 Å². The van der Waals surface area contributed by atoms with Gasteiger partial charge in [0, 0.05) is 5.56 Å². The molecular weight excluding hydrogens is 392 g/mol. The smallest absolute Gasteiger partial charge is 0.214 e. The third kappa shape index (κ3) is 4.70. The van der Waals surface area contributed by atoms with Gasteiger partial charge < -0.3 is 19.3 Å². The highest BCUT2D eigenvalue weighted by molar-refractivity contribution is 5.44. The minimum atomic E-state index is 0.0249. The van der Waals surface area contributed by atoms with Crippen LogP contribution in [0.3, 0.4) is 0 Å². The molecule has 0 unspecified atom stereocenters. The molecule has 1 saturated heterocycles. The fraction of sp³-hybridized carbons (Fsp3) is 0.435. The number of quaternary nitrogens is 2. The first-order valence-corrected chi connectivity index (χ1v) is 10.9. The lowest BCUT2D eigenvalue weighted by molar-refractivity contribution is -1.02. The van der Waals surface area contributed by atoms with Crippen LogP contribution in [-0.2, 0) is 6.54 Å². The zero-order chi connectivity index (χ0) is 21.6. The maximum absolute atomic E-state index is 5.60. The Balaban J connectivity index is 1.71. The molecule has 8 heteroatoms. The van der Waals surface area contributed by atoms with Crippen LogP contribution < -0.4 is 19.3 Å². The molecule has 0 amide bonds. The Morgan fingerprint density at radius 1 is 0.968 bits per heavy atom. The van der Waals surface area contributed by atoms with Crippen molar-refractivity contribution in [1.82, 2.24) is 20.2 Å². The average molecular weight is 425 g/mol. The van der Waals surface area contributed by atoms with Crippen molar-refractivity contribution in [3.63, 3.8) is 0 Å². The molecule has 2 N–H and O–H groups in total. The summed E-state index contributed by atoms with van der Waals surface area (Å²) < 4.78 is 13.0. The van der Waals surface area contributed by atoms with Gasteiger partial charge in [-0.05, 0) is 41.1 Å². The number of piperazine rings is 1. The molecule has 0 radical (unpaired) electrons. The highest BCUT2D eigenvalue weighted by atomic mass is 16.5. The molecule has 1 aromatic heterocycles. The second-order valence-corrected chi connectivity index (χ2v) is 7.99. The van der Waals surface area contributed by atoms with Crippen LogP contribution in [-0.4, -0.2) is 67.2 Å². The quantitative estimate of drug-likeness (QED) is 0.517. The number of aromatic nitrogens is 4. The largest absolute Gasteiger partial charge is 0.493 e. The number of hydrogen-bond acceptors (Lipinski definition) is 5. The standard InChI is InChI=1S/C23H30N6O2/c1-4-27-12-14-28(15-13-27)22(19-10-11-20(30-2)21(16-19)31-3)23-24-25-26-29(23)17-18-8-6-5-7-9-18/h5-11,16,22H,4,12-15,17H2,1-3H3/p+2/t22-/m1/s1. The number of nitrogens with one attached hydrogen (secondary N) is 2. The molecule has 164 valence electrons. The van der Waals surface area contributed by atoms with E-state index >= 15 is 0 Å². The number of rotatable bonds is 8. The second kappa shape index (κ2) is 9.89. The molecule has 1 aliphatic heterocycles. The molecule has 1 atom stereocenters. The van der Waals surface area contributed by atoms with Gasteiger partial charge in [0.1, 0.15) is 26.2 Å². The summed E-state index contributed by atoms with van der Waals surface area (Å²) in [4.78, 5) is 3.13. The van der Waals surface area contributed by atoms with E-state index in [9.17, 15) is 0 Å². The summed E-state index contributed by atoms with van der Waals surface area (Å²) in [6.45, 7) is 8.51. The number of benzene rings is 2. The predicted molar refractivity (Wildman–Crippen MR) is 117 cm³/mol. The van der Waals surface area contributed by atoms with E-state index in [0.717, 1.165) is 49.1 Å². The van der Waals surface area contributed by atoms with Crippen molar-refractivity contribution < 1.29 is 19.3 Å². The van der Waals surface area contributed by atoms with Gasteiger partial charge in [-0.25, -0.2) is 4.68 Å².